The highest BCUT2D eigenvalue weighted by Gasteiger charge is 2.39. The lowest BCUT2D eigenvalue weighted by atomic mass is 9.95. The molecule has 44 heavy (non-hydrogen) atoms. The first-order chi connectivity index (χ1) is 20.6. The second-order valence-electron chi connectivity index (χ2n) is 11.6. The molecule has 1 aliphatic heterocycles. The van der Waals surface area contributed by atoms with Gasteiger partial charge in [-0.3, -0.25) is 19.2 Å². The number of alkyl halides is 1. The van der Waals surface area contributed by atoms with Gasteiger partial charge in [-0.05, 0) is 40.7 Å². The van der Waals surface area contributed by atoms with Crippen LogP contribution in [0.2, 0.25) is 0 Å². The van der Waals surface area contributed by atoms with Crippen molar-refractivity contribution in [3.8, 4) is 34.3 Å². The van der Waals surface area contributed by atoms with E-state index in [0.29, 0.717) is 5.69 Å². The smallest absolute Gasteiger partial charge is 0.415 e. The van der Waals surface area contributed by atoms with E-state index in [4.69, 9.17) is 21.1 Å². The average molecular weight is 623 g/mol. The number of aromatic amines is 1. The van der Waals surface area contributed by atoms with Crippen LogP contribution in [0.1, 0.15) is 45.9 Å². The van der Waals surface area contributed by atoms with Crippen LogP contribution in [-0.4, -0.2) is 55.2 Å². The molecular weight excluding hydrogens is 595 g/mol. The van der Waals surface area contributed by atoms with Crippen molar-refractivity contribution >= 4 is 45.9 Å². The number of pyridine rings is 1. The topological polar surface area (TPSA) is 168 Å². The fraction of sp³-hybridized carbons (Fsp3) is 0.345. The standard InChI is InChI=1S/C29H28ClFN8O5/c1-28(2,3)44-27(42)38(6)24-21-13(19(10-30)36-37-25(21)40)8-17(34-24)15-12-33-39(7)22(15)20-14(11-32)23-18(9-16(20)31)35-26(41)29(4,5)43-23/h8-9,12H,10H2,1-7H3,(H,35,41)(H,37,40). The molecule has 0 radical (unpaired) electrons. The molecule has 0 aliphatic carbocycles. The molecule has 0 unspecified atom stereocenters. The zero-order valence-corrected chi connectivity index (χ0v) is 25.7. The van der Waals surface area contributed by atoms with Crippen LogP contribution >= 0.6 is 11.6 Å². The Morgan fingerprint density at radius 2 is 2.00 bits per heavy atom. The van der Waals surface area contributed by atoms with Crippen molar-refractivity contribution in [2.24, 2.45) is 7.05 Å². The molecule has 0 atom stereocenters. The van der Waals surface area contributed by atoms with Crippen molar-refractivity contribution in [3.05, 3.63) is 45.8 Å². The molecule has 15 heteroatoms. The number of aryl methyl sites for hydroxylation is 1. The van der Waals surface area contributed by atoms with Gasteiger partial charge in [0.15, 0.2) is 17.2 Å². The maximum absolute atomic E-state index is 15.9. The predicted octanol–water partition coefficient (Wildman–Crippen LogP) is 4.62. The summed E-state index contributed by atoms with van der Waals surface area (Å²) < 4.78 is 28.7. The molecule has 2 N–H and O–H groups in total. The minimum Gasteiger partial charge on any atom is -0.474 e. The zero-order valence-electron chi connectivity index (χ0n) is 24.9. The van der Waals surface area contributed by atoms with Crippen LogP contribution in [0.5, 0.6) is 5.75 Å². The molecule has 228 valence electrons. The SMILES string of the molecule is CN(C(=O)OC(C)(C)C)c1nc(-c2cnn(C)c2-c2c(F)cc3c(c2C#N)OC(C)(C)C(=O)N3)cc2c(CCl)n[nH]c(=O)c12. The van der Waals surface area contributed by atoms with Crippen molar-refractivity contribution in [1.82, 2.24) is 25.0 Å². The molecule has 1 aliphatic rings. The Balaban J connectivity index is 1.80. The molecule has 5 rings (SSSR count). The predicted molar refractivity (Wildman–Crippen MR) is 160 cm³/mol. The second kappa shape index (κ2) is 10.6. The number of amides is 2. The number of aromatic nitrogens is 5. The Morgan fingerprint density at radius 1 is 1.30 bits per heavy atom. The third-order valence-corrected chi connectivity index (χ3v) is 7.14. The van der Waals surface area contributed by atoms with E-state index in [-0.39, 0.29) is 62.0 Å². The molecule has 0 bridgehead atoms. The highest BCUT2D eigenvalue weighted by Crippen LogP contribution is 2.45. The molecular formula is C29H28ClFN8O5. The first kappa shape index (κ1) is 30.4. The van der Waals surface area contributed by atoms with E-state index < -0.39 is 34.6 Å². The van der Waals surface area contributed by atoms with Crippen molar-refractivity contribution in [2.45, 2.75) is 51.7 Å². The van der Waals surface area contributed by atoms with Crippen LogP contribution in [0.3, 0.4) is 0 Å². The van der Waals surface area contributed by atoms with Crippen LogP contribution in [-0.2, 0) is 22.5 Å². The van der Waals surface area contributed by atoms with E-state index >= 15 is 4.39 Å². The Morgan fingerprint density at radius 3 is 2.64 bits per heavy atom. The normalized spacial score (nSPS) is 14.0. The first-order valence-electron chi connectivity index (χ1n) is 13.3. The minimum absolute atomic E-state index is 0.00220. The summed E-state index contributed by atoms with van der Waals surface area (Å²) in [5.74, 6) is -1.50. The molecule has 0 saturated heterocycles. The summed E-state index contributed by atoms with van der Waals surface area (Å²) in [6.45, 7) is 8.14. The number of halogens is 2. The number of nitriles is 1. The van der Waals surface area contributed by atoms with Crippen LogP contribution in [0, 0.1) is 17.1 Å². The number of H-pyrrole nitrogens is 1. The van der Waals surface area contributed by atoms with Gasteiger partial charge in [0.2, 0.25) is 0 Å². The number of anilines is 2. The molecule has 2 amide bonds. The molecule has 4 aromatic rings. The lowest BCUT2D eigenvalue weighted by molar-refractivity contribution is -0.129. The van der Waals surface area contributed by atoms with E-state index in [2.05, 4.69) is 25.6 Å². The number of nitrogens with zero attached hydrogens (tertiary/aromatic N) is 6. The molecule has 3 aromatic heterocycles. The average Bonchev–Trinajstić information content (AvgIpc) is 3.32. The monoisotopic (exact) mass is 622 g/mol. The van der Waals surface area contributed by atoms with Gasteiger partial charge in [-0.1, -0.05) is 0 Å². The number of hydrogen-bond donors (Lipinski definition) is 2. The Hall–Kier alpha value is -5.03. The zero-order chi connectivity index (χ0) is 32.3. The van der Waals surface area contributed by atoms with Crippen molar-refractivity contribution in [1.29, 1.82) is 5.26 Å². The lowest BCUT2D eigenvalue weighted by Gasteiger charge is -2.32. The van der Waals surface area contributed by atoms with Gasteiger partial charge in [0.1, 0.15) is 23.1 Å². The van der Waals surface area contributed by atoms with Gasteiger partial charge in [0.25, 0.3) is 11.5 Å². The lowest BCUT2D eigenvalue weighted by Crippen LogP contribution is -2.46. The molecule has 0 saturated carbocycles. The van der Waals surface area contributed by atoms with Crippen LogP contribution in [0.25, 0.3) is 33.3 Å². The number of carbonyl (C=O) groups excluding carboxylic acids is 2. The highest BCUT2D eigenvalue weighted by atomic mass is 35.5. The number of ether oxygens (including phenoxy) is 2. The van der Waals surface area contributed by atoms with Crippen LogP contribution < -0.4 is 20.5 Å². The third kappa shape index (κ3) is 5.09. The van der Waals surface area contributed by atoms with E-state index in [1.165, 1.54) is 37.8 Å². The number of rotatable bonds is 4. The number of fused-ring (bicyclic) bond motifs is 2. The summed E-state index contributed by atoms with van der Waals surface area (Å²) in [6.07, 6.45) is 0.627. The van der Waals surface area contributed by atoms with Gasteiger partial charge >= 0.3 is 6.09 Å². The van der Waals surface area contributed by atoms with Gasteiger partial charge in [-0.25, -0.2) is 19.3 Å². The van der Waals surface area contributed by atoms with E-state index in [1.54, 1.807) is 27.8 Å². The number of carbonyl (C=O) groups is 2. The molecule has 0 spiro atoms. The summed E-state index contributed by atoms with van der Waals surface area (Å²) in [5.41, 5.74) is -2.27. The van der Waals surface area contributed by atoms with Gasteiger partial charge in [0.05, 0.1) is 45.8 Å². The number of hydrogen-bond acceptors (Lipinski definition) is 9. The fourth-order valence-corrected chi connectivity index (χ4v) is 4.99. The Bertz CT molecular complexity index is 1970. The quantitative estimate of drug-likeness (QED) is 0.309. The number of nitrogens with one attached hydrogen (secondary N) is 2. The summed E-state index contributed by atoms with van der Waals surface area (Å²) >= 11 is 6.17. The van der Waals surface area contributed by atoms with E-state index in [9.17, 15) is 19.6 Å². The summed E-state index contributed by atoms with van der Waals surface area (Å²) in [4.78, 5) is 44.3. The van der Waals surface area contributed by atoms with Crippen molar-refractivity contribution in [2.75, 3.05) is 17.3 Å². The van der Waals surface area contributed by atoms with E-state index in [0.717, 1.165) is 11.0 Å². The first-order valence-corrected chi connectivity index (χ1v) is 13.9. The maximum Gasteiger partial charge on any atom is 0.415 e. The summed E-state index contributed by atoms with van der Waals surface area (Å²) in [6, 6.07) is 4.61. The Kier molecular flexibility index (Phi) is 7.33. The highest BCUT2D eigenvalue weighted by molar-refractivity contribution is 6.18. The third-order valence-electron chi connectivity index (χ3n) is 6.89. The molecule has 4 heterocycles. The second-order valence-corrected chi connectivity index (χ2v) is 11.9. The van der Waals surface area contributed by atoms with Crippen LogP contribution in [0.4, 0.5) is 20.7 Å². The molecule has 1 aromatic carbocycles. The van der Waals surface area contributed by atoms with Gasteiger partial charge in [-0.2, -0.15) is 15.5 Å². The summed E-state index contributed by atoms with van der Waals surface area (Å²) in [5, 5.41) is 23.9. The maximum atomic E-state index is 15.9. The van der Waals surface area contributed by atoms with Crippen LogP contribution in [0.15, 0.2) is 23.1 Å². The Labute approximate surface area is 255 Å². The number of benzene rings is 1. The van der Waals surface area contributed by atoms with Crippen molar-refractivity contribution < 1.29 is 23.5 Å². The van der Waals surface area contributed by atoms with Gasteiger partial charge in [0, 0.05) is 31.1 Å². The largest absolute Gasteiger partial charge is 0.474 e. The van der Waals surface area contributed by atoms with Gasteiger partial charge in [-0.15, -0.1) is 11.6 Å². The minimum atomic E-state index is -1.33. The fourth-order valence-electron chi connectivity index (χ4n) is 4.78. The molecule has 13 nitrogen and oxygen atoms in total. The molecule has 0 fully saturated rings. The van der Waals surface area contributed by atoms with Gasteiger partial charge < -0.3 is 14.8 Å². The van der Waals surface area contributed by atoms with E-state index in [1.807, 2.05) is 6.07 Å². The summed E-state index contributed by atoms with van der Waals surface area (Å²) in [7, 11) is 2.95. The van der Waals surface area contributed by atoms with Crippen molar-refractivity contribution in [3.63, 3.8) is 0 Å².